The van der Waals surface area contributed by atoms with Crippen molar-refractivity contribution in [2.75, 3.05) is 14.2 Å². The fourth-order valence-corrected chi connectivity index (χ4v) is 2.38. The quantitative estimate of drug-likeness (QED) is 0.537. The lowest BCUT2D eigenvalue weighted by Crippen LogP contribution is -2.00. The fraction of sp³-hybridized carbons (Fsp3) is 0.167. The van der Waals surface area contributed by atoms with Gasteiger partial charge in [0.15, 0.2) is 11.5 Å². The molecule has 0 aliphatic heterocycles. The highest BCUT2D eigenvalue weighted by Crippen LogP contribution is 2.35. The summed E-state index contributed by atoms with van der Waals surface area (Å²) >= 11 is 0. The van der Waals surface area contributed by atoms with Crippen LogP contribution in [0, 0.1) is 0 Å². The largest absolute Gasteiger partial charge is 0.493 e. The van der Waals surface area contributed by atoms with Gasteiger partial charge in [-0.3, -0.25) is 4.79 Å². The van der Waals surface area contributed by atoms with Crippen LogP contribution in [0.25, 0.3) is 22.3 Å². The normalized spacial score (nSPS) is 10.6. The van der Waals surface area contributed by atoms with Gasteiger partial charge in [0, 0.05) is 17.9 Å². The Kier molecular flexibility index (Phi) is 3.93. The smallest absolute Gasteiger partial charge is 0.308 e. The molecule has 23 heavy (non-hydrogen) atoms. The molecule has 118 valence electrons. The molecule has 0 bridgehead atoms. The van der Waals surface area contributed by atoms with Gasteiger partial charge in [-0.2, -0.15) is 0 Å². The molecule has 0 saturated heterocycles. The number of methoxy groups -OCH3 is 2. The van der Waals surface area contributed by atoms with Crippen molar-refractivity contribution in [3.8, 4) is 28.6 Å². The van der Waals surface area contributed by atoms with Crippen molar-refractivity contribution in [1.29, 1.82) is 0 Å². The van der Waals surface area contributed by atoms with Gasteiger partial charge in [-0.25, -0.2) is 0 Å². The number of carbonyl (C=O) groups excluding carboxylic acids is 1. The lowest BCUT2D eigenvalue weighted by molar-refractivity contribution is -0.131. The van der Waals surface area contributed by atoms with Gasteiger partial charge in [0.1, 0.15) is 17.1 Å². The Labute approximate surface area is 133 Å². The Balaban J connectivity index is 2.01. The average Bonchev–Trinajstić information content (AvgIpc) is 2.96. The predicted molar refractivity (Wildman–Crippen MR) is 86.1 cm³/mol. The van der Waals surface area contributed by atoms with E-state index >= 15 is 0 Å². The monoisotopic (exact) mass is 312 g/mol. The zero-order valence-electron chi connectivity index (χ0n) is 13.1. The summed E-state index contributed by atoms with van der Waals surface area (Å²) in [5.74, 6) is 2.12. The van der Waals surface area contributed by atoms with Crippen LogP contribution >= 0.6 is 0 Å². The number of carbonyl (C=O) groups is 1. The molecule has 0 atom stereocenters. The second-order valence-corrected chi connectivity index (χ2v) is 4.97. The number of rotatable bonds is 4. The molecule has 1 heterocycles. The van der Waals surface area contributed by atoms with Gasteiger partial charge < -0.3 is 18.6 Å². The van der Waals surface area contributed by atoms with E-state index < -0.39 is 0 Å². The molecular weight excluding hydrogens is 296 g/mol. The Bertz CT molecular complexity index is 863. The van der Waals surface area contributed by atoms with E-state index in [1.54, 1.807) is 32.4 Å². The van der Waals surface area contributed by atoms with Crippen molar-refractivity contribution in [2.24, 2.45) is 0 Å². The number of ether oxygens (including phenoxy) is 3. The summed E-state index contributed by atoms with van der Waals surface area (Å²) in [4.78, 5) is 11.0. The third-order valence-corrected chi connectivity index (χ3v) is 3.42. The fourth-order valence-electron chi connectivity index (χ4n) is 2.38. The van der Waals surface area contributed by atoms with Gasteiger partial charge in [0.2, 0.25) is 0 Å². The van der Waals surface area contributed by atoms with E-state index in [4.69, 9.17) is 18.6 Å². The van der Waals surface area contributed by atoms with Crippen LogP contribution in [-0.4, -0.2) is 20.2 Å². The summed E-state index contributed by atoms with van der Waals surface area (Å²) < 4.78 is 21.5. The number of hydrogen-bond donors (Lipinski definition) is 0. The minimum atomic E-state index is -0.354. The van der Waals surface area contributed by atoms with Crippen molar-refractivity contribution in [2.45, 2.75) is 6.92 Å². The van der Waals surface area contributed by atoms with E-state index in [2.05, 4.69) is 0 Å². The van der Waals surface area contributed by atoms with E-state index in [0.717, 1.165) is 10.9 Å². The van der Waals surface area contributed by atoms with E-state index in [9.17, 15) is 4.79 Å². The lowest BCUT2D eigenvalue weighted by atomic mass is 10.1. The second kappa shape index (κ2) is 6.04. The van der Waals surface area contributed by atoms with Crippen LogP contribution in [0.15, 0.2) is 46.9 Å². The van der Waals surface area contributed by atoms with Crippen molar-refractivity contribution < 1.29 is 23.4 Å². The molecule has 0 radical (unpaired) electrons. The Morgan fingerprint density at radius 2 is 1.74 bits per heavy atom. The van der Waals surface area contributed by atoms with Gasteiger partial charge in [-0.05, 0) is 42.5 Å². The average molecular weight is 312 g/mol. The van der Waals surface area contributed by atoms with E-state index in [1.165, 1.54) is 6.92 Å². The predicted octanol–water partition coefficient (Wildman–Crippen LogP) is 4.04. The molecule has 0 unspecified atom stereocenters. The maximum Gasteiger partial charge on any atom is 0.308 e. The first-order valence-corrected chi connectivity index (χ1v) is 7.05. The molecule has 0 N–H and O–H groups in total. The molecule has 3 rings (SSSR count). The standard InChI is InChI=1S/C18H16O5/c1-11(19)22-14-5-7-15-13(8-14)10-17(23-15)12-4-6-16(20-2)18(9-12)21-3/h4-10H,1-3H3. The zero-order valence-corrected chi connectivity index (χ0v) is 13.1. The molecular formula is C18H16O5. The Morgan fingerprint density at radius 3 is 2.43 bits per heavy atom. The van der Waals surface area contributed by atoms with Crippen LogP contribution in [0.4, 0.5) is 0 Å². The second-order valence-electron chi connectivity index (χ2n) is 4.97. The maximum atomic E-state index is 11.0. The molecule has 0 amide bonds. The molecule has 0 spiro atoms. The van der Waals surface area contributed by atoms with E-state index in [1.807, 2.05) is 24.3 Å². The van der Waals surface area contributed by atoms with Crippen LogP contribution in [-0.2, 0) is 4.79 Å². The van der Waals surface area contributed by atoms with Crippen LogP contribution in [0.1, 0.15) is 6.92 Å². The van der Waals surface area contributed by atoms with Crippen LogP contribution < -0.4 is 14.2 Å². The van der Waals surface area contributed by atoms with Gasteiger partial charge >= 0.3 is 5.97 Å². The minimum absolute atomic E-state index is 0.354. The van der Waals surface area contributed by atoms with Crippen molar-refractivity contribution in [3.05, 3.63) is 42.5 Å². The Morgan fingerprint density at radius 1 is 0.957 bits per heavy atom. The molecule has 1 aromatic heterocycles. The number of fused-ring (bicyclic) bond motifs is 1. The molecule has 0 saturated carbocycles. The highest BCUT2D eigenvalue weighted by Gasteiger charge is 2.11. The van der Waals surface area contributed by atoms with Crippen LogP contribution in [0.2, 0.25) is 0 Å². The summed E-state index contributed by atoms with van der Waals surface area (Å²) in [6.45, 7) is 1.37. The topological polar surface area (TPSA) is 57.9 Å². The molecule has 3 aromatic rings. The van der Waals surface area contributed by atoms with E-state index in [0.29, 0.717) is 28.6 Å². The first-order chi connectivity index (χ1) is 11.1. The summed E-state index contributed by atoms with van der Waals surface area (Å²) in [7, 11) is 3.18. The van der Waals surface area contributed by atoms with Gasteiger partial charge in [-0.15, -0.1) is 0 Å². The highest BCUT2D eigenvalue weighted by atomic mass is 16.5. The number of benzene rings is 2. The van der Waals surface area contributed by atoms with Gasteiger partial charge in [0.25, 0.3) is 0 Å². The number of hydrogen-bond acceptors (Lipinski definition) is 5. The first-order valence-electron chi connectivity index (χ1n) is 7.05. The van der Waals surface area contributed by atoms with Gasteiger partial charge in [0.05, 0.1) is 14.2 Å². The lowest BCUT2D eigenvalue weighted by Gasteiger charge is -2.08. The SMILES string of the molecule is COc1ccc(-c2cc3cc(OC(C)=O)ccc3o2)cc1OC. The third-order valence-electron chi connectivity index (χ3n) is 3.42. The summed E-state index contributed by atoms with van der Waals surface area (Å²) in [6, 6.07) is 12.7. The van der Waals surface area contributed by atoms with Crippen LogP contribution in [0.3, 0.4) is 0 Å². The zero-order chi connectivity index (χ0) is 16.4. The van der Waals surface area contributed by atoms with Crippen molar-refractivity contribution in [1.82, 2.24) is 0 Å². The molecule has 0 aliphatic carbocycles. The van der Waals surface area contributed by atoms with Crippen LogP contribution in [0.5, 0.6) is 17.2 Å². The molecule has 5 heteroatoms. The summed E-state index contributed by atoms with van der Waals surface area (Å²) in [6.07, 6.45) is 0. The van der Waals surface area contributed by atoms with Gasteiger partial charge in [-0.1, -0.05) is 0 Å². The van der Waals surface area contributed by atoms with Crippen molar-refractivity contribution >= 4 is 16.9 Å². The summed E-state index contributed by atoms with van der Waals surface area (Å²) in [5, 5.41) is 0.855. The Hall–Kier alpha value is -2.95. The summed E-state index contributed by atoms with van der Waals surface area (Å²) in [5.41, 5.74) is 1.58. The highest BCUT2D eigenvalue weighted by molar-refractivity contribution is 5.85. The minimum Gasteiger partial charge on any atom is -0.493 e. The maximum absolute atomic E-state index is 11.0. The molecule has 0 fully saturated rings. The molecule has 5 nitrogen and oxygen atoms in total. The van der Waals surface area contributed by atoms with E-state index in [-0.39, 0.29) is 5.97 Å². The molecule has 0 aliphatic rings. The van der Waals surface area contributed by atoms with Crippen molar-refractivity contribution in [3.63, 3.8) is 0 Å². The number of furan rings is 1. The third kappa shape index (κ3) is 2.99. The number of esters is 1. The first kappa shape index (κ1) is 15.0. The molecule has 2 aromatic carbocycles.